The maximum Gasteiger partial charge on any atom is 0.258 e. The molecule has 0 radical (unpaired) electrons. The molecule has 6 heteroatoms. The van der Waals surface area contributed by atoms with Crippen molar-refractivity contribution < 1.29 is 9.53 Å². The molecule has 0 fully saturated rings. The number of hydrogen-bond donors (Lipinski definition) is 1. The summed E-state index contributed by atoms with van der Waals surface area (Å²) < 4.78 is 7.21. The number of nitrogens with zero attached hydrogens (tertiary/aromatic N) is 1. The van der Waals surface area contributed by atoms with Crippen LogP contribution in [0.25, 0.3) is 10.2 Å². The fourth-order valence-electron chi connectivity index (χ4n) is 2.02. The van der Waals surface area contributed by atoms with Gasteiger partial charge in [0.15, 0.2) is 5.13 Å². The summed E-state index contributed by atoms with van der Waals surface area (Å²) in [4.78, 5) is 16.7. The standard InChI is InChI=1S/C16H13BrN2O2S/c1-2-21-10-7-8-13-14(9-10)22-16(18-13)19-15(20)11-5-3-4-6-12(11)17/h3-9H,2H2,1H3,(H,18,19,20). The topological polar surface area (TPSA) is 51.2 Å². The maximum absolute atomic E-state index is 12.3. The van der Waals surface area contributed by atoms with Crippen LogP contribution < -0.4 is 10.1 Å². The number of carbonyl (C=O) groups is 1. The fraction of sp³-hybridized carbons (Fsp3) is 0.125. The van der Waals surface area contributed by atoms with Crippen LogP contribution in [0.1, 0.15) is 17.3 Å². The summed E-state index contributed by atoms with van der Waals surface area (Å²) in [5.74, 6) is 0.624. The van der Waals surface area contributed by atoms with Crippen molar-refractivity contribution in [3.8, 4) is 5.75 Å². The van der Waals surface area contributed by atoms with Crippen LogP contribution in [-0.2, 0) is 0 Å². The normalized spacial score (nSPS) is 10.6. The smallest absolute Gasteiger partial charge is 0.258 e. The predicted molar refractivity (Wildman–Crippen MR) is 92.9 cm³/mol. The lowest BCUT2D eigenvalue weighted by Gasteiger charge is -2.03. The molecule has 4 nitrogen and oxygen atoms in total. The molecule has 0 saturated heterocycles. The van der Waals surface area contributed by atoms with Crippen LogP contribution in [0.15, 0.2) is 46.9 Å². The number of ether oxygens (including phenoxy) is 1. The lowest BCUT2D eigenvalue weighted by atomic mass is 10.2. The van der Waals surface area contributed by atoms with E-state index in [0.717, 1.165) is 20.4 Å². The highest BCUT2D eigenvalue weighted by Gasteiger charge is 2.12. The first-order chi connectivity index (χ1) is 10.7. The number of amides is 1. The second-order valence-electron chi connectivity index (χ2n) is 4.52. The maximum atomic E-state index is 12.3. The zero-order chi connectivity index (χ0) is 15.5. The number of anilines is 1. The number of rotatable bonds is 4. The lowest BCUT2D eigenvalue weighted by molar-refractivity contribution is 0.102. The molecule has 1 amide bonds. The molecule has 22 heavy (non-hydrogen) atoms. The first kappa shape index (κ1) is 15.0. The average molecular weight is 377 g/mol. The van der Waals surface area contributed by atoms with Crippen molar-refractivity contribution in [2.75, 3.05) is 11.9 Å². The van der Waals surface area contributed by atoms with Gasteiger partial charge in [0.05, 0.1) is 22.4 Å². The summed E-state index contributed by atoms with van der Waals surface area (Å²) in [6, 6.07) is 13.0. The van der Waals surface area contributed by atoms with Crippen LogP contribution in [0, 0.1) is 0 Å². The van der Waals surface area contributed by atoms with Gasteiger partial charge in [-0.3, -0.25) is 10.1 Å². The zero-order valence-corrected chi connectivity index (χ0v) is 14.2. The molecule has 3 aromatic rings. The highest BCUT2D eigenvalue weighted by Crippen LogP contribution is 2.30. The van der Waals surface area contributed by atoms with Gasteiger partial charge in [0, 0.05) is 4.47 Å². The second kappa shape index (κ2) is 6.46. The third kappa shape index (κ3) is 3.13. The fourth-order valence-corrected chi connectivity index (χ4v) is 3.38. The van der Waals surface area contributed by atoms with E-state index in [1.54, 1.807) is 6.07 Å². The second-order valence-corrected chi connectivity index (χ2v) is 6.40. The van der Waals surface area contributed by atoms with Gasteiger partial charge in [0.2, 0.25) is 0 Å². The van der Waals surface area contributed by atoms with Crippen LogP contribution in [-0.4, -0.2) is 17.5 Å². The summed E-state index contributed by atoms with van der Waals surface area (Å²) in [5.41, 5.74) is 1.42. The lowest BCUT2D eigenvalue weighted by Crippen LogP contribution is -2.12. The van der Waals surface area contributed by atoms with E-state index in [1.807, 2.05) is 43.3 Å². The highest BCUT2D eigenvalue weighted by molar-refractivity contribution is 9.10. The highest BCUT2D eigenvalue weighted by atomic mass is 79.9. The molecule has 0 unspecified atom stereocenters. The minimum absolute atomic E-state index is 0.184. The molecule has 0 spiro atoms. The Hall–Kier alpha value is -1.92. The van der Waals surface area contributed by atoms with E-state index < -0.39 is 0 Å². The third-order valence-corrected chi connectivity index (χ3v) is 4.63. The SMILES string of the molecule is CCOc1ccc2nc(NC(=O)c3ccccc3Br)sc2c1. The predicted octanol–water partition coefficient (Wildman–Crippen LogP) is 4.71. The number of aromatic nitrogens is 1. The van der Waals surface area contributed by atoms with Gasteiger partial charge >= 0.3 is 0 Å². The Kier molecular flexibility index (Phi) is 4.40. The molecule has 0 aliphatic heterocycles. The molecule has 0 bridgehead atoms. The van der Waals surface area contributed by atoms with Crippen molar-refractivity contribution in [3.05, 3.63) is 52.5 Å². The molecule has 0 saturated carbocycles. The largest absolute Gasteiger partial charge is 0.494 e. The Morgan fingerprint density at radius 3 is 2.91 bits per heavy atom. The molecule has 112 valence electrons. The Bertz CT molecular complexity index is 832. The molecule has 0 atom stereocenters. The summed E-state index contributed by atoms with van der Waals surface area (Å²) >= 11 is 4.81. The summed E-state index contributed by atoms with van der Waals surface area (Å²) in [7, 11) is 0. The van der Waals surface area contributed by atoms with E-state index in [2.05, 4.69) is 26.2 Å². The average Bonchev–Trinajstić information content (AvgIpc) is 2.89. The number of halogens is 1. The van der Waals surface area contributed by atoms with E-state index in [-0.39, 0.29) is 5.91 Å². The number of fused-ring (bicyclic) bond motifs is 1. The van der Waals surface area contributed by atoms with Crippen molar-refractivity contribution in [2.24, 2.45) is 0 Å². The van der Waals surface area contributed by atoms with Crippen LogP contribution in [0.5, 0.6) is 5.75 Å². The van der Waals surface area contributed by atoms with E-state index in [0.29, 0.717) is 17.3 Å². The van der Waals surface area contributed by atoms with Crippen LogP contribution >= 0.6 is 27.3 Å². The molecule has 0 aliphatic rings. The Balaban J connectivity index is 1.85. The molecular weight excluding hydrogens is 364 g/mol. The van der Waals surface area contributed by atoms with Crippen LogP contribution in [0.3, 0.4) is 0 Å². The van der Waals surface area contributed by atoms with Crippen molar-refractivity contribution in [2.45, 2.75) is 6.92 Å². The van der Waals surface area contributed by atoms with E-state index >= 15 is 0 Å². The van der Waals surface area contributed by atoms with Crippen molar-refractivity contribution >= 4 is 48.5 Å². The van der Waals surface area contributed by atoms with Crippen LogP contribution in [0.2, 0.25) is 0 Å². The summed E-state index contributed by atoms with van der Waals surface area (Å²) in [6.07, 6.45) is 0. The third-order valence-electron chi connectivity index (χ3n) is 3.01. The van der Waals surface area contributed by atoms with Crippen molar-refractivity contribution in [1.29, 1.82) is 0 Å². The van der Waals surface area contributed by atoms with Gasteiger partial charge in [-0.25, -0.2) is 4.98 Å². The van der Waals surface area contributed by atoms with Gasteiger partial charge in [-0.15, -0.1) is 0 Å². The van der Waals surface area contributed by atoms with E-state index in [1.165, 1.54) is 11.3 Å². The van der Waals surface area contributed by atoms with Crippen molar-refractivity contribution in [3.63, 3.8) is 0 Å². The molecule has 1 aromatic heterocycles. The van der Waals surface area contributed by atoms with Gasteiger partial charge in [-0.1, -0.05) is 23.5 Å². The Labute approximate surface area is 140 Å². The minimum Gasteiger partial charge on any atom is -0.494 e. The van der Waals surface area contributed by atoms with Crippen molar-refractivity contribution in [1.82, 2.24) is 4.98 Å². The van der Waals surface area contributed by atoms with Gasteiger partial charge < -0.3 is 4.74 Å². The Morgan fingerprint density at radius 1 is 1.32 bits per heavy atom. The molecule has 1 N–H and O–H groups in total. The number of hydrogen-bond acceptors (Lipinski definition) is 4. The summed E-state index contributed by atoms with van der Waals surface area (Å²) in [6.45, 7) is 2.57. The first-order valence-electron chi connectivity index (χ1n) is 6.76. The minimum atomic E-state index is -0.184. The molecular formula is C16H13BrN2O2S. The first-order valence-corrected chi connectivity index (χ1v) is 8.37. The summed E-state index contributed by atoms with van der Waals surface area (Å²) in [5, 5.41) is 3.41. The quantitative estimate of drug-likeness (QED) is 0.717. The number of benzene rings is 2. The molecule has 2 aromatic carbocycles. The molecule has 1 heterocycles. The van der Waals surface area contributed by atoms with Crippen LogP contribution in [0.4, 0.5) is 5.13 Å². The monoisotopic (exact) mass is 376 g/mol. The molecule has 0 aliphatic carbocycles. The van der Waals surface area contributed by atoms with Gasteiger partial charge in [-0.2, -0.15) is 0 Å². The van der Waals surface area contributed by atoms with Gasteiger partial charge in [0.25, 0.3) is 5.91 Å². The molecule has 3 rings (SSSR count). The number of nitrogens with one attached hydrogen (secondary N) is 1. The number of carbonyl (C=O) groups excluding carboxylic acids is 1. The van der Waals surface area contributed by atoms with Gasteiger partial charge in [-0.05, 0) is 53.2 Å². The number of thiazole rings is 1. The van der Waals surface area contributed by atoms with E-state index in [4.69, 9.17) is 4.74 Å². The van der Waals surface area contributed by atoms with E-state index in [9.17, 15) is 4.79 Å². The zero-order valence-electron chi connectivity index (χ0n) is 11.8. The van der Waals surface area contributed by atoms with Gasteiger partial charge in [0.1, 0.15) is 5.75 Å². The Morgan fingerprint density at radius 2 is 2.14 bits per heavy atom.